The van der Waals surface area contributed by atoms with Crippen LogP contribution in [-0.4, -0.2) is 21.5 Å². The van der Waals surface area contributed by atoms with Gasteiger partial charge in [0, 0.05) is 23.8 Å². The first-order valence-corrected chi connectivity index (χ1v) is 7.21. The molecule has 0 bridgehead atoms. The summed E-state index contributed by atoms with van der Waals surface area (Å²) in [4.78, 5) is 32.3. The Hall–Kier alpha value is -3.33. The van der Waals surface area contributed by atoms with Crippen LogP contribution in [0.1, 0.15) is 22.8 Å². The monoisotopic (exact) mass is 362 g/mol. The van der Waals surface area contributed by atoms with Crippen molar-refractivity contribution in [3.05, 3.63) is 78.8 Å². The summed E-state index contributed by atoms with van der Waals surface area (Å²) in [6.45, 7) is 1.60. The highest BCUT2D eigenvalue weighted by atomic mass is 35.5. The quantitative estimate of drug-likeness (QED) is 0.495. The van der Waals surface area contributed by atoms with Gasteiger partial charge in [-0.3, -0.25) is 25.0 Å². The summed E-state index contributed by atoms with van der Waals surface area (Å²) in [6.07, 6.45) is 0. The Labute approximate surface area is 146 Å². The minimum Gasteiger partial charge on any atom is -0.267 e. The zero-order valence-corrected chi connectivity index (χ0v) is 13.6. The number of hydrogen-bond acceptors (Lipinski definition) is 6. The largest absolute Gasteiger partial charge is 0.288 e. The van der Waals surface area contributed by atoms with Gasteiger partial charge in [0.25, 0.3) is 17.3 Å². The Balaban J connectivity index is 2.15. The number of nitrogens with one attached hydrogen (secondary N) is 1. The highest BCUT2D eigenvalue weighted by Gasteiger charge is 2.16. The number of rotatable bonds is 5. The molecule has 0 heterocycles. The zero-order valence-electron chi connectivity index (χ0n) is 12.8. The van der Waals surface area contributed by atoms with Gasteiger partial charge in [0.1, 0.15) is 5.02 Å². The lowest BCUT2D eigenvalue weighted by Gasteiger charge is -2.04. The third-order valence-electron chi connectivity index (χ3n) is 3.23. The molecule has 0 saturated carbocycles. The second-order valence-corrected chi connectivity index (χ2v) is 5.27. The average Bonchev–Trinajstić information content (AvgIpc) is 2.59. The molecule has 1 N–H and O–H groups in total. The molecule has 0 spiro atoms. The van der Waals surface area contributed by atoms with Gasteiger partial charge in [0.05, 0.1) is 15.6 Å². The Kier molecular flexibility index (Phi) is 5.40. The van der Waals surface area contributed by atoms with Crippen molar-refractivity contribution in [3.63, 3.8) is 0 Å². The van der Waals surface area contributed by atoms with Crippen molar-refractivity contribution in [1.29, 1.82) is 0 Å². The first-order chi connectivity index (χ1) is 11.8. The standard InChI is InChI=1S/C15H11ClN4O5/c1-9(10-2-5-12(6-3-10)19(22)23)17-18-15(21)11-4-7-13(16)14(8-11)20(24)25/h2-8H,1H3,(H,18,21). The summed E-state index contributed by atoms with van der Waals surface area (Å²) in [5, 5.41) is 25.3. The third kappa shape index (κ3) is 4.36. The molecule has 0 unspecified atom stereocenters. The van der Waals surface area contributed by atoms with E-state index < -0.39 is 15.8 Å². The van der Waals surface area contributed by atoms with Gasteiger partial charge in [0.15, 0.2) is 0 Å². The van der Waals surface area contributed by atoms with Gasteiger partial charge >= 0.3 is 0 Å². The molecular weight excluding hydrogens is 352 g/mol. The number of non-ortho nitro benzene ring substituents is 1. The van der Waals surface area contributed by atoms with Crippen LogP contribution >= 0.6 is 11.6 Å². The molecular formula is C15H11ClN4O5. The van der Waals surface area contributed by atoms with Crippen LogP contribution in [0.5, 0.6) is 0 Å². The van der Waals surface area contributed by atoms with E-state index >= 15 is 0 Å². The van der Waals surface area contributed by atoms with Crippen LogP contribution in [0.4, 0.5) is 11.4 Å². The van der Waals surface area contributed by atoms with E-state index in [1.54, 1.807) is 6.92 Å². The van der Waals surface area contributed by atoms with Crippen LogP contribution in [0.3, 0.4) is 0 Å². The van der Waals surface area contributed by atoms with E-state index in [2.05, 4.69) is 10.5 Å². The number of hydrogen-bond donors (Lipinski definition) is 1. The molecule has 0 radical (unpaired) electrons. The molecule has 0 aliphatic heterocycles. The highest BCUT2D eigenvalue weighted by molar-refractivity contribution is 6.32. The number of benzene rings is 2. The van der Waals surface area contributed by atoms with Gasteiger partial charge in [-0.05, 0) is 36.8 Å². The number of hydrazone groups is 1. The zero-order chi connectivity index (χ0) is 18.6. The number of nitro groups is 2. The fraction of sp³-hybridized carbons (Fsp3) is 0.0667. The molecule has 2 aromatic carbocycles. The molecule has 0 aliphatic carbocycles. The van der Waals surface area contributed by atoms with Gasteiger partial charge in [-0.2, -0.15) is 5.10 Å². The normalized spacial score (nSPS) is 11.0. The molecule has 2 rings (SSSR count). The second-order valence-electron chi connectivity index (χ2n) is 4.87. The maximum atomic E-state index is 12.0. The van der Waals surface area contributed by atoms with Crippen LogP contribution < -0.4 is 5.43 Å². The van der Waals surface area contributed by atoms with Crippen molar-refractivity contribution in [3.8, 4) is 0 Å². The van der Waals surface area contributed by atoms with Crippen LogP contribution in [0.25, 0.3) is 0 Å². The molecule has 9 nitrogen and oxygen atoms in total. The Morgan fingerprint density at radius 1 is 1.04 bits per heavy atom. The number of carbonyl (C=O) groups excluding carboxylic acids is 1. The number of amides is 1. The number of halogens is 1. The van der Waals surface area contributed by atoms with E-state index in [1.165, 1.54) is 36.4 Å². The van der Waals surface area contributed by atoms with Crippen molar-refractivity contribution < 1.29 is 14.6 Å². The Bertz CT molecular complexity index is 880. The lowest BCUT2D eigenvalue weighted by Crippen LogP contribution is -2.19. The number of carbonyl (C=O) groups is 1. The van der Waals surface area contributed by atoms with Crippen LogP contribution in [0, 0.1) is 20.2 Å². The first kappa shape index (κ1) is 18.0. The third-order valence-corrected chi connectivity index (χ3v) is 3.55. The summed E-state index contributed by atoms with van der Waals surface area (Å²) < 4.78 is 0. The van der Waals surface area contributed by atoms with Crippen LogP contribution in [-0.2, 0) is 0 Å². The Morgan fingerprint density at radius 3 is 2.20 bits per heavy atom. The van der Waals surface area contributed by atoms with Crippen LogP contribution in [0.2, 0.25) is 5.02 Å². The second kappa shape index (κ2) is 7.49. The summed E-state index contributed by atoms with van der Waals surface area (Å²) in [6, 6.07) is 9.27. The molecule has 2 aromatic rings. The smallest absolute Gasteiger partial charge is 0.267 e. The molecule has 0 aliphatic rings. The molecule has 128 valence electrons. The fourth-order valence-corrected chi connectivity index (χ4v) is 2.07. The number of nitrogens with zero attached hydrogens (tertiary/aromatic N) is 3. The van der Waals surface area contributed by atoms with Crippen LogP contribution in [0.15, 0.2) is 47.6 Å². The molecule has 0 saturated heterocycles. The molecule has 10 heteroatoms. The van der Waals surface area contributed by atoms with E-state index in [0.29, 0.717) is 11.3 Å². The predicted octanol–water partition coefficient (Wildman–Crippen LogP) is 3.31. The fourth-order valence-electron chi connectivity index (χ4n) is 1.88. The molecule has 1 amide bonds. The highest BCUT2D eigenvalue weighted by Crippen LogP contribution is 2.25. The molecule has 25 heavy (non-hydrogen) atoms. The van der Waals surface area contributed by atoms with E-state index in [4.69, 9.17) is 11.6 Å². The van der Waals surface area contributed by atoms with Crippen molar-refractivity contribution in [2.45, 2.75) is 6.92 Å². The van der Waals surface area contributed by atoms with E-state index in [9.17, 15) is 25.0 Å². The van der Waals surface area contributed by atoms with Gasteiger partial charge < -0.3 is 0 Å². The van der Waals surface area contributed by atoms with Crippen molar-refractivity contribution in [2.75, 3.05) is 0 Å². The van der Waals surface area contributed by atoms with E-state index in [0.717, 1.165) is 6.07 Å². The van der Waals surface area contributed by atoms with E-state index in [1.807, 2.05) is 0 Å². The lowest BCUT2D eigenvalue weighted by molar-refractivity contribution is -0.385. The minimum atomic E-state index is -0.690. The topological polar surface area (TPSA) is 128 Å². The summed E-state index contributed by atoms with van der Waals surface area (Å²) >= 11 is 5.69. The lowest BCUT2D eigenvalue weighted by atomic mass is 10.1. The Morgan fingerprint density at radius 2 is 1.64 bits per heavy atom. The summed E-state index contributed by atoms with van der Waals surface area (Å²) in [5.41, 5.74) is 2.83. The maximum Gasteiger partial charge on any atom is 0.288 e. The van der Waals surface area contributed by atoms with Gasteiger partial charge in [0.2, 0.25) is 0 Å². The SMILES string of the molecule is CC(=NNC(=O)c1ccc(Cl)c([N+](=O)[O-])c1)c1ccc([N+](=O)[O-])cc1. The van der Waals surface area contributed by atoms with Crippen molar-refractivity contribution >= 4 is 34.6 Å². The number of nitro benzene ring substituents is 2. The molecule has 0 atom stereocenters. The molecule has 0 aromatic heterocycles. The minimum absolute atomic E-state index is 0.0244. The van der Waals surface area contributed by atoms with Gasteiger partial charge in [-0.15, -0.1) is 0 Å². The van der Waals surface area contributed by atoms with Gasteiger partial charge in [-0.1, -0.05) is 11.6 Å². The van der Waals surface area contributed by atoms with E-state index in [-0.39, 0.29) is 22.0 Å². The van der Waals surface area contributed by atoms with Crippen molar-refractivity contribution in [1.82, 2.24) is 5.43 Å². The maximum absolute atomic E-state index is 12.0. The summed E-state index contributed by atoms with van der Waals surface area (Å²) in [5.74, 6) is -0.652. The van der Waals surface area contributed by atoms with Gasteiger partial charge in [-0.25, -0.2) is 5.43 Å². The first-order valence-electron chi connectivity index (χ1n) is 6.83. The predicted molar refractivity (Wildman–Crippen MR) is 90.9 cm³/mol. The van der Waals surface area contributed by atoms with Crippen molar-refractivity contribution in [2.24, 2.45) is 5.10 Å². The summed E-state index contributed by atoms with van der Waals surface area (Å²) in [7, 11) is 0. The average molecular weight is 363 g/mol. The molecule has 0 fully saturated rings.